The van der Waals surface area contributed by atoms with Gasteiger partial charge in [0.15, 0.2) is 0 Å². The number of nitrogens with zero attached hydrogens (tertiary/aromatic N) is 1. The van der Waals surface area contributed by atoms with Gasteiger partial charge in [0.25, 0.3) is 11.1 Å². The number of amides is 2. The fourth-order valence-electron chi connectivity index (χ4n) is 2.63. The molecule has 0 bridgehead atoms. The molecular weight excluding hydrogens is 435 g/mol. The lowest BCUT2D eigenvalue weighted by atomic mass is 10.1. The predicted molar refractivity (Wildman–Crippen MR) is 108 cm³/mol. The van der Waals surface area contributed by atoms with Gasteiger partial charge in [0, 0.05) is 11.6 Å². The number of imide groups is 1. The molecule has 1 aromatic heterocycles. The van der Waals surface area contributed by atoms with Gasteiger partial charge in [-0.2, -0.15) is 13.2 Å². The van der Waals surface area contributed by atoms with Crippen LogP contribution in [-0.2, 0) is 20.5 Å². The quantitative estimate of drug-likeness (QED) is 0.442. The van der Waals surface area contributed by atoms with Gasteiger partial charge in [-0.05, 0) is 41.9 Å². The highest BCUT2D eigenvalue weighted by Crippen LogP contribution is 2.35. The molecule has 164 valence electrons. The van der Waals surface area contributed by atoms with Crippen molar-refractivity contribution in [1.29, 1.82) is 0 Å². The van der Waals surface area contributed by atoms with E-state index in [1.165, 1.54) is 30.3 Å². The summed E-state index contributed by atoms with van der Waals surface area (Å²) in [4.78, 5) is 37.2. The predicted octanol–water partition coefficient (Wildman–Crippen LogP) is 5.20. The maximum absolute atomic E-state index is 12.9. The molecule has 0 radical (unpaired) electrons. The Morgan fingerprint density at radius 2 is 1.97 bits per heavy atom. The van der Waals surface area contributed by atoms with Gasteiger partial charge >= 0.3 is 12.1 Å². The molecule has 0 atom stereocenters. The van der Waals surface area contributed by atoms with Crippen LogP contribution in [0.5, 0.6) is 0 Å². The summed E-state index contributed by atoms with van der Waals surface area (Å²) >= 11 is 0.636. The van der Waals surface area contributed by atoms with Crippen molar-refractivity contribution in [3.05, 3.63) is 52.6 Å². The molecule has 6 nitrogen and oxygen atoms in total. The summed E-state index contributed by atoms with van der Waals surface area (Å²) in [5, 5.41) is -0.623. The second kappa shape index (κ2) is 9.01. The Balaban J connectivity index is 1.74. The summed E-state index contributed by atoms with van der Waals surface area (Å²) in [6.45, 7) is 3.39. The van der Waals surface area contributed by atoms with Crippen LogP contribution in [0.15, 0.2) is 45.7 Å². The average molecular weight is 453 g/mol. The molecule has 1 fully saturated rings. The van der Waals surface area contributed by atoms with Crippen molar-refractivity contribution < 1.29 is 36.7 Å². The number of benzene rings is 1. The van der Waals surface area contributed by atoms with Crippen LogP contribution in [0.1, 0.15) is 25.2 Å². The molecule has 0 aliphatic carbocycles. The zero-order chi connectivity index (χ0) is 22.8. The van der Waals surface area contributed by atoms with Crippen LogP contribution in [0.3, 0.4) is 0 Å². The first-order valence-electron chi connectivity index (χ1n) is 9.23. The molecule has 1 aliphatic heterocycles. The third-order valence-corrected chi connectivity index (χ3v) is 5.02. The van der Waals surface area contributed by atoms with Crippen LogP contribution in [0, 0.1) is 5.92 Å². The molecule has 2 amide bonds. The van der Waals surface area contributed by atoms with Crippen LogP contribution >= 0.6 is 11.8 Å². The Hall–Kier alpha value is -3.01. The highest BCUT2D eigenvalue weighted by molar-refractivity contribution is 8.18. The number of ether oxygens (including phenoxy) is 1. The van der Waals surface area contributed by atoms with E-state index in [-0.39, 0.29) is 34.5 Å². The largest absolute Gasteiger partial charge is 0.464 e. The van der Waals surface area contributed by atoms with Crippen molar-refractivity contribution in [3.63, 3.8) is 0 Å². The normalized spacial score (nSPS) is 15.9. The fraction of sp³-hybridized carbons (Fsp3) is 0.286. The smallest absolute Gasteiger partial charge is 0.416 e. The number of carbonyl (C=O) groups excluding carboxylic acids is 3. The molecule has 1 aliphatic rings. The zero-order valence-electron chi connectivity index (χ0n) is 16.6. The lowest BCUT2D eigenvalue weighted by Crippen LogP contribution is -2.34. The van der Waals surface area contributed by atoms with Gasteiger partial charge in [0.1, 0.15) is 18.1 Å². The molecule has 2 aromatic rings. The van der Waals surface area contributed by atoms with Gasteiger partial charge in [-0.25, -0.2) is 0 Å². The van der Waals surface area contributed by atoms with Crippen molar-refractivity contribution in [2.45, 2.75) is 20.0 Å². The van der Waals surface area contributed by atoms with Gasteiger partial charge in [-0.3, -0.25) is 19.3 Å². The summed E-state index contributed by atoms with van der Waals surface area (Å²) in [5.41, 5.74) is -0.594. The fourth-order valence-corrected chi connectivity index (χ4v) is 3.45. The number of alkyl halides is 3. The van der Waals surface area contributed by atoms with E-state index >= 15 is 0 Å². The molecule has 0 saturated carbocycles. The Labute approximate surface area is 180 Å². The molecular formula is C21H18F3NO5S. The Morgan fingerprint density at radius 1 is 1.23 bits per heavy atom. The molecule has 2 heterocycles. The summed E-state index contributed by atoms with van der Waals surface area (Å²) in [6.07, 6.45) is -3.18. The second-order valence-corrected chi connectivity index (χ2v) is 8.12. The third-order valence-electron chi connectivity index (χ3n) is 4.11. The van der Waals surface area contributed by atoms with Gasteiger partial charge in [0.05, 0.1) is 17.1 Å². The molecule has 3 rings (SSSR count). The van der Waals surface area contributed by atoms with Crippen molar-refractivity contribution >= 4 is 35.0 Å². The lowest BCUT2D eigenvalue weighted by Gasteiger charge is -2.12. The van der Waals surface area contributed by atoms with Crippen LogP contribution in [0.2, 0.25) is 0 Å². The highest BCUT2D eigenvalue weighted by atomic mass is 32.2. The number of hydrogen-bond donors (Lipinski definition) is 0. The van der Waals surface area contributed by atoms with E-state index in [2.05, 4.69) is 0 Å². The third kappa shape index (κ3) is 5.57. The average Bonchev–Trinajstić information content (AvgIpc) is 3.26. The highest BCUT2D eigenvalue weighted by Gasteiger charge is 2.37. The van der Waals surface area contributed by atoms with Gasteiger partial charge < -0.3 is 9.15 Å². The van der Waals surface area contributed by atoms with Crippen molar-refractivity contribution in [3.8, 4) is 11.3 Å². The molecule has 1 saturated heterocycles. The monoisotopic (exact) mass is 453 g/mol. The number of carbonyl (C=O) groups is 3. The summed E-state index contributed by atoms with van der Waals surface area (Å²) < 4.78 is 49.2. The number of furan rings is 1. The first-order valence-corrected chi connectivity index (χ1v) is 10.0. The maximum Gasteiger partial charge on any atom is 0.416 e. The minimum atomic E-state index is -4.49. The Kier molecular flexibility index (Phi) is 6.59. The molecule has 10 heteroatoms. The van der Waals surface area contributed by atoms with E-state index in [0.29, 0.717) is 11.8 Å². The molecule has 0 N–H and O–H groups in total. The lowest BCUT2D eigenvalue weighted by molar-refractivity contribution is -0.147. The van der Waals surface area contributed by atoms with E-state index in [0.717, 1.165) is 17.0 Å². The summed E-state index contributed by atoms with van der Waals surface area (Å²) in [5.74, 6) is -0.895. The molecule has 1 aromatic carbocycles. The molecule has 0 spiro atoms. The number of rotatable bonds is 6. The Morgan fingerprint density at radius 3 is 2.65 bits per heavy atom. The zero-order valence-corrected chi connectivity index (χ0v) is 17.4. The number of hydrogen-bond acceptors (Lipinski definition) is 6. The SMILES string of the molecule is CC(C)COC(=O)CN1C(=O)S/C(=C/c2ccc(-c3cccc(C(F)(F)F)c3)o2)C1=O. The number of thioether (sulfide) groups is 1. The second-order valence-electron chi connectivity index (χ2n) is 7.13. The Bertz CT molecular complexity index is 1040. The van der Waals surface area contributed by atoms with Crippen LogP contribution in [-0.4, -0.2) is 35.2 Å². The summed E-state index contributed by atoms with van der Waals surface area (Å²) in [7, 11) is 0. The number of halogens is 3. The van der Waals surface area contributed by atoms with E-state index in [1.807, 2.05) is 13.8 Å². The maximum atomic E-state index is 12.9. The topological polar surface area (TPSA) is 76.8 Å². The molecule has 31 heavy (non-hydrogen) atoms. The van der Waals surface area contributed by atoms with Gasteiger partial charge in [-0.1, -0.05) is 26.0 Å². The minimum absolute atomic E-state index is 0.0339. The van der Waals surface area contributed by atoms with E-state index in [9.17, 15) is 27.6 Å². The van der Waals surface area contributed by atoms with Crippen LogP contribution < -0.4 is 0 Å². The first kappa shape index (κ1) is 22.7. The van der Waals surface area contributed by atoms with Crippen molar-refractivity contribution in [2.24, 2.45) is 5.92 Å². The van der Waals surface area contributed by atoms with Crippen molar-refractivity contribution in [1.82, 2.24) is 4.90 Å². The standard InChI is InChI=1S/C21H18F3NO5S/c1-12(2)11-29-18(26)10-25-19(27)17(31-20(25)28)9-15-6-7-16(30-15)13-4-3-5-14(8-13)21(22,23)24/h3-9,12H,10-11H2,1-2H3/b17-9+. The van der Waals surface area contributed by atoms with Crippen LogP contribution in [0.4, 0.5) is 18.0 Å². The van der Waals surface area contributed by atoms with Gasteiger partial charge in [-0.15, -0.1) is 0 Å². The van der Waals surface area contributed by atoms with E-state index in [1.54, 1.807) is 0 Å². The first-order chi connectivity index (χ1) is 14.5. The number of esters is 1. The van der Waals surface area contributed by atoms with E-state index < -0.39 is 35.4 Å². The molecule has 0 unspecified atom stereocenters. The minimum Gasteiger partial charge on any atom is -0.464 e. The van der Waals surface area contributed by atoms with Crippen LogP contribution in [0.25, 0.3) is 17.4 Å². The van der Waals surface area contributed by atoms with Gasteiger partial charge in [0.2, 0.25) is 0 Å². The van der Waals surface area contributed by atoms with E-state index in [4.69, 9.17) is 9.15 Å². The summed E-state index contributed by atoms with van der Waals surface area (Å²) in [6, 6.07) is 7.59. The van der Waals surface area contributed by atoms with Crippen molar-refractivity contribution in [2.75, 3.05) is 13.2 Å².